The first kappa shape index (κ1) is 14.5. The van der Waals surface area contributed by atoms with Crippen molar-refractivity contribution in [1.29, 1.82) is 0 Å². The molecular weight excluding hydrogens is 282 g/mol. The van der Waals surface area contributed by atoms with Crippen molar-refractivity contribution in [2.24, 2.45) is 0 Å². The molecule has 1 aliphatic carbocycles. The van der Waals surface area contributed by atoms with E-state index in [1.807, 2.05) is 17.5 Å². The molecule has 1 amide bonds. The highest BCUT2D eigenvalue weighted by atomic mass is 32.2. The second kappa shape index (κ2) is 6.05. The van der Waals surface area contributed by atoms with Gasteiger partial charge < -0.3 is 5.32 Å². The Bertz CT molecular complexity index is 516. The van der Waals surface area contributed by atoms with Crippen LogP contribution in [0.5, 0.6) is 0 Å². The molecule has 2 rings (SSSR count). The summed E-state index contributed by atoms with van der Waals surface area (Å²) in [5, 5.41) is 3.36. The van der Waals surface area contributed by atoms with Gasteiger partial charge in [0.2, 0.25) is 5.91 Å². The van der Waals surface area contributed by atoms with Crippen molar-refractivity contribution in [3.05, 3.63) is 22.4 Å². The van der Waals surface area contributed by atoms with Crippen LogP contribution in [0, 0.1) is 0 Å². The van der Waals surface area contributed by atoms with Crippen LogP contribution in [0.4, 0.5) is 0 Å². The largest absolute Gasteiger partial charge is 0.350 e. The molecule has 1 atom stereocenters. The minimum absolute atomic E-state index is 0.324. The number of hydrogen-bond donors (Lipinski definition) is 1. The summed E-state index contributed by atoms with van der Waals surface area (Å²) in [6, 6.07) is 3.83. The van der Waals surface area contributed by atoms with Crippen LogP contribution in [0.1, 0.15) is 37.5 Å². The van der Waals surface area contributed by atoms with Crippen LogP contribution in [0.2, 0.25) is 0 Å². The lowest BCUT2D eigenvalue weighted by Gasteiger charge is -2.17. The van der Waals surface area contributed by atoms with Crippen molar-refractivity contribution in [3.8, 4) is 0 Å². The van der Waals surface area contributed by atoms with E-state index in [9.17, 15) is 13.2 Å². The van der Waals surface area contributed by atoms with Crippen LogP contribution >= 0.6 is 11.3 Å². The Balaban J connectivity index is 1.94. The third-order valence-electron chi connectivity index (χ3n) is 3.65. The van der Waals surface area contributed by atoms with E-state index in [0.29, 0.717) is 19.4 Å². The van der Waals surface area contributed by atoms with Gasteiger partial charge in [0, 0.05) is 4.88 Å². The summed E-state index contributed by atoms with van der Waals surface area (Å²) in [6.07, 6.45) is 3.30. The predicted molar refractivity (Wildman–Crippen MR) is 76.8 cm³/mol. The zero-order valence-electron chi connectivity index (χ0n) is 11.0. The van der Waals surface area contributed by atoms with Gasteiger partial charge in [-0.25, -0.2) is 8.42 Å². The predicted octanol–water partition coefficient (Wildman–Crippen LogP) is 2.11. The Morgan fingerprint density at radius 1 is 1.47 bits per heavy atom. The molecule has 6 heteroatoms. The number of nitrogens with one attached hydrogen (secondary N) is 1. The van der Waals surface area contributed by atoms with Gasteiger partial charge in [-0.05, 0) is 31.2 Å². The molecule has 1 fully saturated rings. The molecule has 1 saturated carbocycles. The van der Waals surface area contributed by atoms with E-state index in [2.05, 4.69) is 5.32 Å². The van der Waals surface area contributed by atoms with Crippen LogP contribution in [0.3, 0.4) is 0 Å². The van der Waals surface area contributed by atoms with Crippen LogP contribution in [0.25, 0.3) is 0 Å². The second-order valence-corrected chi connectivity index (χ2v) is 8.52. The Labute approximate surface area is 118 Å². The fraction of sp³-hybridized carbons (Fsp3) is 0.615. The molecule has 1 heterocycles. The number of carbonyl (C=O) groups is 1. The molecular formula is C13H19NO3S2. The summed E-state index contributed by atoms with van der Waals surface area (Å²) >= 11 is 1.55. The van der Waals surface area contributed by atoms with Gasteiger partial charge in [0.25, 0.3) is 0 Å². The van der Waals surface area contributed by atoms with Crippen molar-refractivity contribution in [2.75, 3.05) is 0 Å². The Kier molecular flexibility index (Phi) is 4.62. The van der Waals surface area contributed by atoms with Crippen LogP contribution < -0.4 is 5.32 Å². The number of sulfone groups is 1. The first-order valence-corrected chi connectivity index (χ1v) is 9.03. The normalized spacial score (nSPS) is 18.4. The smallest absolute Gasteiger partial charge is 0.238 e. The average molecular weight is 301 g/mol. The SMILES string of the molecule is C[C@@H](C(=O)NCc1cccs1)S(=O)(=O)C1CCCC1. The van der Waals surface area contributed by atoms with Gasteiger partial charge in [-0.2, -0.15) is 0 Å². The quantitative estimate of drug-likeness (QED) is 0.906. The van der Waals surface area contributed by atoms with E-state index < -0.39 is 15.1 Å². The van der Waals surface area contributed by atoms with Crippen LogP contribution in [-0.2, 0) is 21.2 Å². The van der Waals surface area contributed by atoms with Crippen molar-refractivity contribution in [1.82, 2.24) is 5.32 Å². The van der Waals surface area contributed by atoms with Gasteiger partial charge in [0.1, 0.15) is 5.25 Å². The van der Waals surface area contributed by atoms with Crippen molar-refractivity contribution in [2.45, 2.75) is 49.7 Å². The maximum Gasteiger partial charge on any atom is 0.238 e. The zero-order chi connectivity index (χ0) is 13.9. The molecule has 106 valence electrons. The lowest BCUT2D eigenvalue weighted by molar-refractivity contribution is -0.120. The summed E-state index contributed by atoms with van der Waals surface area (Å²) in [6.45, 7) is 1.90. The summed E-state index contributed by atoms with van der Waals surface area (Å²) in [7, 11) is -3.34. The molecule has 1 aliphatic rings. The van der Waals surface area contributed by atoms with E-state index in [0.717, 1.165) is 17.7 Å². The van der Waals surface area contributed by atoms with E-state index in [-0.39, 0.29) is 11.2 Å². The molecule has 1 N–H and O–H groups in total. The van der Waals surface area contributed by atoms with Crippen LogP contribution in [0.15, 0.2) is 17.5 Å². The summed E-state index contributed by atoms with van der Waals surface area (Å²) in [4.78, 5) is 13.0. The van der Waals surface area contributed by atoms with E-state index in [1.54, 1.807) is 11.3 Å². The number of hydrogen-bond acceptors (Lipinski definition) is 4. The van der Waals surface area contributed by atoms with E-state index >= 15 is 0 Å². The van der Waals surface area contributed by atoms with Gasteiger partial charge in [0.05, 0.1) is 11.8 Å². The highest BCUT2D eigenvalue weighted by molar-refractivity contribution is 7.93. The topological polar surface area (TPSA) is 63.2 Å². The Morgan fingerprint density at radius 3 is 2.74 bits per heavy atom. The molecule has 0 saturated heterocycles. The molecule has 0 bridgehead atoms. The highest BCUT2D eigenvalue weighted by Crippen LogP contribution is 2.27. The molecule has 1 aromatic heterocycles. The first-order valence-electron chi connectivity index (χ1n) is 6.54. The minimum atomic E-state index is -3.34. The number of rotatable bonds is 5. The van der Waals surface area contributed by atoms with Crippen molar-refractivity contribution >= 4 is 27.1 Å². The van der Waals surface area contributed by atoms with Gasteiger partial charge >= 0.3 is 0 Å². The molecule has 0 aliphatic heterocycles. The number of thiophene rings is 1. The Morgan fingerprint density at radius 2 is 2.16 bits per heavy atom. The standard InChI is InChI=1S/C13H19NO3S2/c1-10(19(16,17)12-6-2-3-7-12)13(15)14-9-11-5-4-8-18-11/h4-5,8,10,12H,2-3,6-7,9H2,1H3,(H,14,15)/t10-/m0/s1. The summed E-state index contributed by atoms with van der Waals surface area (Å²) in [5.41, 5.74) is 0. The third kappa shape index (κ3) is 3.36. The molecule has 4 nitrogen and oxygen atoms in total. The van der Waals surface area contributed by atoms with Gasteiger partial charge in [-0.3, -0.25) is 4.79 Å². The molecule has 0 unspecified atom stereocenters. The molecule has 0 spiro atoms. The lowest BCUT2D eigenvalue weighted by atomic mass is 10.4. The van der Waals surface area contributed by atoms with Crippen molar-refractivity contribution in [3.63, 3.8) is 0 Å². The van der Waals surface area contributed by atoms with Crippen molar-refractivity contribution < 1.29 is 13.2 Å². The first-order chi connectivity index (χ1) is 9.01. The second-order valence-electron chi connectivity index (χ2n) is 4.93. The van der Waals surface area contributed by atoms with Gasteiger partial charge in [0.15, 0.2) is 9.84 Å². The fourth-order valence-corrected chi connectivity index (χ4v) is 4.98. The van der Waals surface area contributed by atoms with E-state index in [1.165, 1.54) is 6.92 Å². The molecule has 19 heavy (non-hydrogen) atoms. The van der Waals surface area contributed by atoms with Gasteiger partial charge in [-0.1, -0.05) is 18.9 Å². The lowest BCUT2D eigenvalue weighted by Crippen LogP contribution is -2.41. The van der Waals surface area contributed by atoms with E-state index in [4.69, 9.17) is 0 Å². The third-order valence-corrected chi connectivity index (χ3v) is 7.12. The summed E-state index contributed by atoms with van der Waals surface area (Å²) < 4.78 is 24.6. The zero-order valence-corrected chi connectivity index (χ0v) is 12.6. The maximum absolute atomic E-state index is 12.3. The van der Waals surface area contributed by atoms with Gasteiger partial charge in [-0.15, -0.1) is 11.3 Å². The average Bonchev–Trinajstić information content (AvgIpc) is 3.07. The number of carbonyl (C=O) groups excluding carboxylic acids is 1. The monoisotopic (exact) mass is 301 g/mol. The maximum atomic E-state index is 12.3. The molecule has 0 radical (unpaired) electrons. The summed E-state index contributed by atoms with van der Waals surface area (Å²) in [5.74, 6) is -0.389. The highest BCUT2D eigenvalue weighted by Gasteiger charge is 2.36. The minimum Gasteiger partial charge on any atom is -0.350 e. The van der Waals surface area contributed by atoms with Crippen LogP contribution in [-0.4, -0.2) is 24.8 Å². The number of amides is 1. The fourth-order valence-electron chi connectivity index (χ4n) is 2.39. The molecule has 0 aromatic carbocycles. The Hall–Kier alpha value is -0.880. The molecule has 1 aromatic rings.